The molecule has 0 spiro atoms. The van der Waals surface area contributed by atoms with E-state index in [0.717, 1.165) is 43.6 Å². The predicted octanol–water partition coefficient (Wildman–Crippen LogP) is 4.30. The van der Waals surface area contributed by atoms with Gasteiger partial charge in [-0.05, 0) is 55.5 Å². The van der Waals surface area contributed by atoms with Crippen molar-refractivity contribution in [3.05, 3.63) is 47.5 Å². The van der Waals surface area contributed by atoms with Crippen molar-refractivity contribution >= 4 is 15.7 Å². The molecule has 0 aromatic heterocycles. The highest BCUT2D eigenvalue weighted by atomic mass is 32.2. The van der Waals surface area contributed by atoms with Gasteiger partial charge >= 0.3 is 0 Å². The fourth-order valence-corrected chi connectivity index (χ4v) is 5.52. The molecule has 1 N–H and O–H groups in total. The monoisotopic (exact) mass is 432 g/mol. The summed E-state index contributed by atoms with van der Waals surface area (Å²) in [5.41, 5.74) is 2.23. The standard InChI is InChI=1S/C23H32N2O4S/c1-4-25(5-2)30(27,28)22-16-19(17-26)15-20(24-13-9-6-10-14-24)23(22)29-21-12-8-7-11-18(21)3/h7-8,11-12,15-16,26H,4-6,9-10,13-14,17H2,1-3H3. The van der Waals surface area contributed by atoms with E-state index in [-0.39, 0.29) is 11.5 Å². The number of piperidine rings is 1. The van der Waals surface area contributed by atoms with Crippen LogP contribution in [0.4, 0.5) is 5.69 Å². The van der Waals surface area contributed by atoms with Crippen LogP contribution in [0.2, 0.25) is 0 Å². The molecule has 30 heavy (non-hydrogen) atoms. The van der Waals surface area contributed by atoms with Crippen molar-refractivity contribution < 1.29 is 18.3 Å². The minimum absolute atomic E-state index is 0.113. The smallest absolute Gasteiger partial charge is 0.246 e. The number of aryl methyl sites for hydroxylation is 1. The van der Waals surface area contributed by atoms with Crippen molar-refractivity contribution in [2.24, 2.45) is 0 Å². The molecule has 0 aliphatic carbocycles. The summed E-state index contributed by atoms with van der Waals surface area (Å²) in [6, 6.07) is 11.0. The molecule has 164 valence electrons. The number of aliphatic hydroxyl groups excluding tert-OH is 1. The third-order valence-electron chi connectivity index (χ3n) is 5.60. The molecule has 0 radical (unpaired) electrons. The van der Waals surface area contributed by atoms with Crippen molar-refractivity contribution in [2.75, 3.05) is 31.1 Å². The van der Waals surface area contributed by atoms with Gasteiger partial charge in [0.2, 0.25) is 10.0 Å². The lowest BCUT2D eigenvalue weighted by atomic mass is 10.1. The minimum Gasteiger partial charge on any atom is -0.453 e. The molecule has 1 aliphatic rings. The van der Waals surface area contributed by atoms with Gasteiger partial charge in [-0.2, -0.15) is 4.31 Å². The predicted molar refractivity (Wildman–Crippen MR) is 120 cm³/mol. The lowest BCUT2D eigenvalue weighted by molar-refractivity contribution is 0.281. The molecule has 2 aromatic rings. The van der Waals surface area contributed by atoms with Gasteiger partial charge in [0.15, 0.2) is 5.75 Å². The summed E-state index contributed by atoms with van der Waals surface area (Å²) in [5.74, 6) is 0.971. The van der Waals surface area contributed by atoms with Crippen LogP contribution in [0.3, 0.4) is 0 Å². The summed E-state index contributed by atoms with van der Waals surface area (Å²) in [6.45, 7) is 7.77. The van der Waals surface area contributed by atoms with Crippen LogP contribution in [0, 0.1) is 6.92 Å². The van der Waals surface area contributed by atoms with Crippen LogP contribution < -0.4 is 9.64 Å². The molecule has 3 rings (SSSR count). The van der Waals surface area contributed by atoms with E-state index in [2.05, 4.69) is 4.90 Å². The minimum atomic E-state index is -3.79. The second kappa shape index (κ2) is 9.81. The lowest BCUT2D eigenvalue weighted by Gasteiger charge is -2.32. The Hall–Kier alpha value is -2.09. The summed E-state index contributed by atoms with van der Waals surface area (Å²) in [7, 11) is -3.79. The van der Waals surface area contributed by atoms with Crippen molar-refractivity contribution in [3.8, 4) is 11.5 Å². The second-order valence-electron chi connectivity index (χ2n) is 7.60. The highest BCUT2D eigenvalue weighted by Crippen LogP contribution is 2.42. The van der Waals surface area contributed by atoms with Crippen LogP contribution in [-0.2, 0) is 16.6 Å². The molecule has 0 saturated carbocycles. The molecule has 0 amide bonds. The van der Waals surface area contributed by atoms with Gasteiger partial charge < -0.3 is 14.7 Å². The normalized spacial score (nSPS) is 14.9. The quantitative estimate of drug-likeness (QED) is 0.673. The van der Waals surface area contributed by atoms with E-state index in [9.17, 15) is 13.5 Å². The van der Waals surface area contributed by atoms with Gasteiger partial charge in [0, 0.05) is 26.2 Å². The first kappa shape index (κ1) is 22.6. The number of rotatable bonds is 8. The second-order valence-corrected chi connectivity index (χ2v) is 9.51. The number of para-hydroxylation sites is 1. The van der Waals surface area contributed by atoms with E-state index in [1.54, 1.807) is 6.07 Å². The summed E-state index contributed by atoms with van der Waals surface area (Å²) in [6.07, 6.45) is 3.26. The van der Waals surface area contributed by atoms with Crippen LogP contribution in [0.1, 0.15) is 44.2 Å². The summed E-state index contributed by atoms with van der Waals surface area (Å²) < 4.78 is 34.8. The van der Waals surface area contributed by atoms with Gasteiger partial charge in [-0.1, -0.05) is 32.0 Å². The first-order valence-corrected chi connectivity index (χ1v) is 12.1. The van der Waals surface area contributed by atoms with Gasteiger partial charge in [-0.25, -0.2) is 8.42 Å². The number of aliphatic hydroxyl groups is 1. The number of anilines is 1. The Morgan fingerprint density at radius 2 is 1.73 bits per heavy atom. The highest BCUT2D eigenvalue weighted by molar-refractivity contribution is 7.89. The molecule has 7 heteroatoms. The van der Waals surface area contributed by atoms with Gasteiger partial charge in [-0.3, -0.25) is 0 Å². The molecular weight excluding hydrogens is 400 g/mol. The Labute approximate surface area is 180 Å². The molecule has 0 atom stereocenters. The van der Waals surface area contributed by atoms with E-state index in [4.69, 9.17) is 4.74 Å². The first-order chi connectivity index (χ1) is 14.4. The zero-order chi connectivity index (χ0) is 21.7. The van der Waals surface area contributed by atoms with Crippen LogP contribution in [0.15, 0.2) is 41.3 Å². The maximum atomic E-state index is 13.5. The number of hydrogen-bond acceptors (Lipinski definition) is 5. The van der Waals surface area contributed by atoms with E-state index in [0.29, 0.717) is 30.2 Å². The molecule has 1 fully saturated rings. The maximum absolute atomic E-state index is 13.5. The number of ether oxygens (including phenoxy) is 1. The largest absolute Gasteiger partial charge is 0.453 e. The Bertz CT molecular complexity index is 965. The van der Waals surface area contributed by atoms with Gasteiger partial charge in [0.1, 0.15) is 10.6 Å². The Morgan fingerprint density at radius 1 is 1.07 bits per heavy atom. The fourth-order valence-electron chi connectivity index (χ4n) is 3.88. The molecule has 0 bridgehead atoms. The fraction of sp³-hybridized carbons (Fsp3) is 0.478. The Kier molecular flexibility index (Phi) is 7.39. The van der Waals surface area contributed by atoms with E-state index in [1.165, 1.54) is 4.31 Å². The van der Waals surface area contributed by atoms with Crippen molar-refractivity contribution in [3.63, 3.8) is 0 Å². The molecule has 6 nitrogen and oxygen atoms in total. The molecule has 1 aliphatic heterocycles. The number of nitrogens with zero attached hydrogens (tertiary/aromatic N) is 2. The summed E-state index contributed by atoms with van der Waals surface area (Å²) >= 11 is 0. The van der Waals surface area contributed by atoms with E-state index >= 15 is 0 Å². The number of benzene rings is 2. The third kappa shape index (κ3) is 4.63. The average Bonchev–Trinajstić information content (AvgIpc) is 2.76. The lowest BCUT2D eigenvalue weighted by Crippen LogP contribution is -2.33. The summed E-state index contributed by atoms with van der Waals surface area (Å²) in [5, 5.41) is 9.86. The zero-order valence-corrected chi connectivity index (χ0v) is 18.9. The molecule has 2 aromatic carbocycles. The molecule has 1 saturated heterocycles. The third-order valence-corrected chi connectivity index (χ3v) is 7.66. The Morgan fingerprint density at radius 3 is 2.33 bits per heavy atom. The zero-order valence-electron chi connectivity index (χ0n) is 18.1. The highest BCUT2D eigenvalue weighted by Gasteiger charge is 2.30. The van der Waals surface area contributed by atoms with Gasteiger partial charge in [0.05, 0.1) is 12.3 Å². The number of sulfonamides is 1. The van der Waals surface area contributed by atoms with E-state index < -0.39 is 10.0 Å². The van der Waals surface area contributed by atoms with Crippen molar-refractivity contribution in [2.45, 2.75) is 51.5 Å². The van der Waals surface area contributed by atoms with Gasteiger partial charge in [-0.15, -0.1) is 0 Å². The van der Waals surface area contributed by atoms with E-state index in [1.807, 2.05) is 51.1 Å². The van der Waals surface area contributed by atoms with Crippen LogP contribution >= 0.6 is 0 Å². The van der Waals surface area contributed by atoms with Gasteiger partial charge in [0.25, 0.3) is 0 Å². The SMILES string of the molecule is CCN(CC)S(=O)(=O)c1cc(CO)cc(N2CCCCC2)c1Oc1ccccc1C. The summed E-state index contributed by atoms with van der Waals surface area (Å²) in [4.78, 5) is 2.29. The van der Waals surface area contributed by atoms with Crippen molar-refractivity contribution in [1.82, 2.24) is 4.31 Å². The molecule has 1 heterocycles. The topological polar surface area (TPSA) is 70.1 Å². The first-order valence-electron chi connectivity index (χ1n) is 10.7. The molecular formula is C23H32N2O4S. The van der Waals surface area contributed by atoms with Crippen LogP contribution in [-0.4, -0.2) is 44.0 Å². The van der Waals surface area contributed by atoms with Crippen LogP contribution in [0.25, 0.3) is 0 Å². The Balaban J connectivity index is 2.24. The van der Waals surface area contributed by atoms with Crippen molar-refractivity contribution in [1.29, 1.82) is 0 Å². The average molecular weight is 433 g/mol. The number of hydrogen-bond donors (Lipinski definition) is 1. The molecule has 0 unspecified atom stereocenters. The van der Waals surface area contributed by atoms with Crippen LogP contribution in [0.5, 0.6) is 11.5 Å². The maximum Gasteiger partial charge on any atom is 0.246 e.